The van der Waals surface area contributed by atoms with E-state index in [1.807, 2.05) is 0 Å². The highest BCUT2D eigenvalue weighted by Crippen LogP contribution is 2.16. The minimum absolute atomic E-state index is 0.0128. The monoisotopic (exact) mass is 278 g/mol. The smallest absolute Gasteiger partial charge is 0.170 e. The van der Waals surface area contributed by atoms with E-state index in [4.69, 9.17) is 15.7 Å². The lowest BCUT2D eigenvalue weighted by molar-refractivity contribution is 0.299. The molecule has 0 aliphatic heterocycles. The number of hydrogen-bond acceptors (Lipinski definition) is 3. The molecule has 0 heterocycles. The molecule has 0 saturated heterocycles. The normalized spacial score (nSPS) is 11.4. The Morgan fingerprint density at radius 2 is 1.85 bits per heavy atom. The number of hydrogen-bond donors (Lipinski definition) is 2. The fourth-order valence-corrected chi connectivity index (χ4v) is 1.58. The molecule has 0 saturated carbocycles. The summed E-state index contributed by atoms with van der Waals surface area (Å²) in [6, 6.07) is 9.72. The summed E-state index contributed by atoms with van der Waals surface area (Å²) in [4.78, 5) is 0. The molecule has 20 heavy (non-hydrogen) atoms. The van der Waals surface area contributed by atoms with E-state index in [1.165, 1.54) is 12.1 Å². The summed E-state index contributed by atoms with van der Waals surface area (Å²) in [7, 11) is 0. The quantitative estimate of drug-likeness (QED) is 0.391. The number of nitrogens with zero attached hydrogens (tertiary/aromatic N) is 1. The highest BCUT2D eigenvalue weighted by atomic mass is 19.1. The van der Waals surface area contributed by atoms with Crippen LogP contribution in [0.3, 0.4) is 0 Å². The van der Waals surface area contributed by atoms with Gasteiger partial charge in [0.25, 0.3) is 0 Å². The highest BCUT2D eigenvalue weighted by Gasteiger charge is 2.05. The first-order valence-corrected chi connectivity index (χ1v) is 5.75. The van der Waals surface area contributed by atoms with Crippen molar-refractivity contribution >= 4 is 5.84 Å². The minimum atomic E-state index is -0.654. The van der Waals surface area contributed by atoms with Crippen LogP contribution < -0.4 is 10.5 Å². The summed E-state index contributed by atoms with van der Waals surface area (Å²) in [6.07, 6.45) is 0. The van der Waals surface area contributed by atoms with Crippen molar-refractivity contribution in [2.45, 2.75) is 6.61 Å². The first-order valence-electron chi connectivity index (χ1n) is 5.75. The maximum atomic E-state index is 13.4. The Kier molecular flexibility index (Phi) is 4.14. The number of rotatable bonds is 4. The molecule has 104 valence electrons. The average molecular weight is 278 g/mol. The van der Waals surface area contributed by atoms with Crippen LogP contribution in [0.15, 0.2) is 47.6 Å². The first-order chi connectivity index (χ1) is 9.60. The van der Waals surface area contributed by atoms with E-state index in [-0.39, 0.29) is 18.0 Å². The molecule has 0 aromatic heterocycles. The molecule has 0 unspecified atom stereocenters. The van der Waals surface area contributed by atoms with E-state index < -0.39 is 11.6 Å². The van der Waals surface area contributed by atoms with E-state index in [0.29, 0.717) is 11.3 Å². The van der Waals surface area contributed by atoms with Gasteiger partial charge in [0, 0.05) is 17.2 Å². The summed E-state index contributed by atoms with van der Waals surface area (Å²) in [6.45, 7) is -0.0188. The zero-order valence-corrected chi connectivity index (χ0v) is 10.4. The van der Waals surface area contributed by atoms with Gasteiger partial charge in [0.1, 0.15) is 24.0 Å². The largest absolute Gasteiger partial charge is 0.489 e. The Morgan fingerprint density at radius 3 is 2.45 bits per heavy atom. The summed E-state index contributed by atoms with van der Waals surface area (Å²) in [5.74, 6) is -0.808. The maximum Gasteiger partial charge on any atom is 0.170 e. The van der Waals surface area contributed by atoms with Crippen molar-refractivity contribution in [1.29, 1.82) is 0 Å². The molecule has 0 radical (unpaired) electrons. The Hall–Kier alpha value is -2.63. The van der Waals surface area contributed by atoms with E-state index >= 15 is 0 Å². The van der Waals surface area contributed by atoms with Crippen molar-refractivity contribution < 1.29 is 18.7 Å². The van der Waals surface area contributed by atoms with Crippen LogP contribution in [0.1, 0.15) is 11.1 Å². The summed E-state index contributed by atoms with van der Waals surface area (Å²) < 4.78 is 31.5. The van der Waals surface area contributed by atoms with Gasteiger partial charge < -0.3 is 15.7 Å². The van der Waals surface area contributed by atoms with Crippen molar-refractivity contribution in [2.75, 3.05) is 0 Å². The summed E-state index contributed by atoms with van der Waals surface area (Å²) in [5.41, 5.74) is 6.21. The zero-order valence-electron chi connectivity index (χ0n) is 10.4. The molecule has 2 aromatic rings. The molecule has 0 bridgehead atoms. The SMILES string of the molecule is NC(=NO)c1ccc(OCc2ccc(F)cc2F)cc1. The van der Waals surface area contributed by atoms with Crippen LogP contribution in [0, 0.1) is 11.6 Å². The molecule has 2 rings (SSSR count). The maximum absolute atomic E-state index is 13.4. The van der Waals surface area contributed by atoms with Gasteiger partial charge in [-0.15, -0.1) is 0 Å². The molecule has 3 N–H and O–H groups in total. The van der Waals surface area contributed by atoms with Crippen molar-refractivity contribution in [2.24, 2.45) is 10.9 Å². The van der Waals surface area contributed by atoms with Gasteiger partial charge in [0.15, 0.2) is 5.84 Å². The molecule has 0 spiro atoms. The van der Waals surface area contributed by atoms with Crippen molar-refractivity contribution in [1.82, 2.24) is 0 Å². The molecule has 2 aromatic carbocycles. The second-order valence-corrected chi connectivity index (χ2v) is 4.03. The van der Waals surface area contributed by atoms with Crippen LogP contribution in [0.2, 0.25) is 0 Å². The van der Waals surface area contributed by atoms with Gasteiger partial charge >= 0.3 is 0 Å². The summed E-state index contributed by atoms with van der Waals surface area (Å²) in [5, 5.41) is 11.4. The number of oxime groups is 1. The van der Waals surface area contributed by atoms with Crippen LogP contribution in [0.4, 0.5) is 8.78 Å². The van der Waals surface area contributed by atoms with Crippen LogP contribution in [0.5, 0.6) is 5.75 Å². The number of ether oxygens (including phenoxy) is 1. The van der Waals surface area contributed by atoms with E-state index in [1.54, 1.807) is 24.3 Å². The standard InChI is InChI=1S/C14H12F2N2O2/c15-11-4-1-10(13(16)7-11)8-20-12-5-2-9(3-6-12)14(17)18-19/h1-7,19H,8H2,(H2,17,18). The number of amidine groups is 1. The summed E-state index contributed by atoms with van der Waals surface area (Å²) >= 11 is 0. The molecule has 0 aliphatic rings. The topological polar surface area (TPSA) is 67.8 Å². The molecule has 0 fully saturated rings. The molecule has 0 atom stereocenters. The lowest BCUT2D eigenvalue weighted by Crippen LogP contribution is -2.12. The number of nitrogens with two attached hydrogens (primary N) is 1. The predicted octanol–water partition coefficient (Wildman–Crippen LogP) is 2.64. The third kappa shape index (κ3) is 3.23. The molecular formula is C14H12F2N2O2. The van der Waals surface area contributed by atoms with E-state index in [9.17, 15) is 8.78 Å². The van der Waals surface area contributed by atoms with E-state index in [0.717, 1.165) is 6.07 Å². The zero-order chi connectivity index (χ0) is 14.5. The molecule has 6 heteroatoms. The van der Waals surface area contributed by atoms with Crippen LogP contribution in [-0.2, 0) is 6.61 Å². The lowest BCUT2D eigenvalue weighted by atomic mass is 10.2. The van der Waals surface area contributed by atoms with Gasteiger partial charge in [-0.25, -0.2) is 8.78 Å². The second-order valence-electron chi connectivity index (χ2n) is 4.03. The van der Waals surface area contributed by atoms with Gasteiger partial charge in [-0.1, -0.05) is 5.16 Å². The van der Waals surface area contributed by atoms with Gasteiger partial charge in [0.05, 0.1) is 0 Å². The first kappa shape index (κ1) is 13.8. The Bertz CT molecular complexity index is 628. The minimum Gasteiger partial charge on any atom is -0.489 e. The average Bonchev–Trinajstić information content (AvgIpc) is 2.46. The van der Waals surface area contributed by atoms with Crippen molar-refractivity contribution in [3.05, 3.63) is 65.2 Å². The van der Waals surface area contributed by atoms with Crippen LogP contribution in [-0.4, -0.2) is 11.0 Å². The highest BCUT2D eigenvalue weighted by molar-refractivity contribution is 5.97. The molecule has 0 aliphatic carbocycles. The fraction of sp³-hybridized carbons (Fsp3) is 0.0714. The van der Waals surface area contributed by atoms with Gasteiger partial charge in [-0.2, -0.15) is 0 Å². The Balaban J connectivity index is 2.04. The molecule has 0 amide bonds. The van der Waals surface area contributed by atoms with Crippen molar-refractivity contribution in [3.8, 4) is 5.75 Å². The predicted molar refractivity (Wildman–Crippen MR) is 69.6 cm³/mol. The van der Waals surface area contributed by atoms with Gasteiger partial charge in [0.2, 0.25) is 0 Å². The molecular weight excluding hydrogens is 266 g/mol. The third-order valence-electron chi connectivity index (χ3n) is 2.67. The Morgan fingerprint density at radius 1 is 1.15 bits per heavy atom. The second kappa shape index (κ2) is 6.01. The fourth-order valence-electron chi connectivity index (χ4n) is 1.58. The van der Waals surface area contributed by atoms with Crippen LogP contribution in [0.25, 0.3) is 0 Å². The molecule has 4 nitrogen and oxygen atoms in total. The van der Waals surface area contributed by atoms with Gasteiger partial charge in [-0.05, 0) is 36.4 Å². The van der Waals surface area contributed by atoms with Crippen molar-refractivity contribution in [3.63, 3.8) is 0 Å². The lowest BCUT2D eigenvalue weighted by Gasteiger charge is -2.08. The number of halogens is 2. The third-order valence-corrected chi connectivity index (χ3v) is 2.67. The number of benzene rings is 2. The Labute approximate surface area is 114 Å². The van der Waals surface area contributed by atoms with Gasteiger partial charge in [-0.3, -0.25) is 0 Å². The van der Waals surface area contributed by atoms with Crippen LogP contribution >= 0.6 is 0 Å². The van der Waals surface area contributed by atoms with E-state index in [2.05, 4.69) is 5.16 Å².